The van der Waals surface area contributed by atoms with E-state index in [2.05, 4.69) is 4.98 Å². The first kappa shape index (κ1) is 19.7. The molecule has 1 fully saturated rings. The maximum atomic E-state index is 13.0. The van der Waals surface area contributed by atoms with Crippen molar-refractivity contribution in [2.75, 3.05) is 26.2 Å². The number of hydrogen-bond acceptors (Lipinski definition) is 5. The number of fused-ring (bicyclic) bond motifs is 2. The molecule has 1 spiro atoms. The quantitative estimate of drug-likeness (QED) is 0.786. The molecule has 2 aromatic heterocycles. The average molecular weight is 400 g/mol. The molecule has 4 rings (SSSR count). The van der Waals surface area contributed by atoms with Crippen LogP contribution in [-0.4, -0.2) is 63.4 Å². The molecule has 0 radical (unpaired) electrons. The summed E-state index contributed by atoms with van der Waals surface area (Å²) < 4.78 is 13.8. The van der Waals surface area contributed by atoms with Crippen molar-refractivity contribution < 1.29 is 18.7 Å². The molecule has 156 valence electrons. The van der Waals surface area contributed by atoms with Gasteiger partial charge in [0, 0.05) is 51.4 Å². The molecular weight excluding hydrogens is 372 g/mol. The molecule has 0 unspecified atom stereocenters. The first-order chi connectivity index (χ1) is 14.0. The molecule has 0 aromatic carbocycles. The first-order valence-corrected chi connectivity index (χ1v) is 10.3. The average Bonchev–Trinajstić information content (AvgIpc) is 3.38. The SMILES string of the molecule is CCN(CC)C(=O)[C@@H]1Cn2ccnc2C2(CCN(C(=O)c3ccoc3C)CC2)O1. The van der Waals surface area contributed by atoms with Crippen LogP contribution in [0.15, 0.2) is 29.1 Å². The Kier molecular flexibility index (Phi) is 5.21. The Balaban J connectivity index is 1.54. The zero-order valence-electron chi connectivity index (χ0n) is 17.3. The third-order valence-electron chi connectivity index (χ3n) is 6.15. The maximum Gasteiger partial charge on any atom is 0.257 e. The molecule has 1 atom stereocenters. The van der Waals surface area contributed by atoms with E-state index >= 15 is 0 Å². The lowest BCUT2D eigenvalue weighted by Gasteiger charge is -2.46. The number of carbonyl (C=O) groups is 2. The predicted octanol–water partition coefficient (Wildman–Crippen LogP) is 2.18. The molecule has 2 aliphatic rings. The Hall–Kier alpha value is -2.61. The summed E-state index contributed by atoms with van der Waals surface area (Å²) in [6.45, 7) is 8.63. The Labute approximate surface area is 170 Å². The molecule has 29 heavy (non-hydrogen) atoms. The summed E-state index contributed by atoms with van der Waals surface area (Å²) in [5.41, 5.74) is -0.0427. The van der Waals surface area contributed by atoms with Crippen molar-refractivity contribution in [1.82, 2.24) is 19.4 Å². The fourth-order valence-corrected chi connectivity index (χ4v) is 4.45. The Morgan fingerprint density at radius 2 is 2.00 bits per heavy atom. The lowest BCUT2D eigenvalue weighted by Crippen LogP contribution is -2.55. The number of nitrogens with zero attached hydrogens (tertiary/aromatic N) is 4. The number of carbonyl (C=O) groups excluding carboxylic acids is 2. The number of rotatable bonds is 4. The van der Waals surface area contributed by atoms with E-state index in [-0.39, 0.29) is 11.8 Å². The predicted molar refractivity (Wildman–Crippen MR) is 105 cm³/mol. The van der Waals surface area contributed by atoms with Gasteiger partial charge in [-0.2, -0.15) is 0 Å². The molecule has 0 N–H and O–H groups in total. The number of aromatic nitrogens is 2. The van der Waals surface area contributed by atoms with Crippen LogP contribution in [0.25, 0.3) is 0 Å². The van der Waals surface area contributed by atoms with Gasteiger partial charge in [0.1, 0.15) is 17.2 Å². The van der Waals surface area contributed by atoms with Crippen LogP contribution in [0.5, 0.6) is 0 Å². The minimum atomic E-state index is -0.641. The summed E-state index contributed by atoms with van der Waals surface area (Å²) in [5.74, 6) is 1.47. The van der Waals surface area contributed by atoms with Gasteiger partial charge in [0.15, 0.2) is 6.10 Å². The first-order valence-electron chi connectivity index (χ1n) is 10.3. The van der Waals surface area contributed by atoms with Crippen molar-refractivity contribution in [3.05, 3.63) is 41.9 Å². The number of aryl methyl sites for hydroxylation is 1. The topological polar surface area (TPSA) is 80.8 Å². The number of amides is 2. The Morgan fingerprint density at radius 1 is 1.28 bits per heavy atom. The second-order valence-electron chi connectivity index (χ2n) is 7.70. The van der Waals surface area contributed by atoms with Crippen LogP contribution < -0.4 is 0 Å². The van der Waals surface area contributed by atoms with Gasteiger partial charge < -0.3 is 23.5 Å². The van der Waals surface area contributed by atoms with E-state index in [1.807, 2.05) is 29.5 Å². The summed E-state index contributed by atoms with van der Waals surface area (Å²) in [5, 5.41) is 0. The summed E-state index contributed by atoms with van der Waals surface area (Å²) in [4.78, 5) is 34.0. The zero-order chi connectivity index (χ0) is 20.6. The number of furan rings is 1. The van der Waals surface area contributed by atoms with Crippen LogP contribution in [0.1, 0.15) is 48.6 Å². The second kappa shape index (κ2) is 7.67. The summed E-state index contributed by atoms with van der Waals surface area (Å²) >= 11 is 0. The summed E-state index contributed by atoms with van der Waals surface area (Å²) in [7, 11) is 0. The highest BCUT2D eigenvalue weighted by atomic mass is 16.5. The highest BCUT2D eigenvalue weighted by Gasteiger charge is 2.48. The summed E-state index contributed by atoms with van der Waals surface area (Å²) in [6, 6.07) is 1.71. The van der Waals surface area contributed by atoms with Gasteiger partial charge in [0.05, 0.1) is 18.4 Å². The van der Waals surface area contributed by atoms with Crippen LogP contribution in [0.4, 0.5) is 0 Å². The maximum absolute atomic E-state index is 13.0. The van der Waals surface area contributed by atoms with Gasteiger partial charge in [0.25, 0.3) is 11.8 Å². The molecular formula is C21H28N4O4. The van der Waals surface area contributed by atoms with Crippen molar-refractivity contribution in [2.24, 2.45) is 0 Å². The minimum absolute atomic E-state index is 0.0150. The minimum Gasteiger partial charge on any atom is -0.469 e. The van der Waals surface area contributed by atoms with Crippen LogP contribution in [0, 0.1) is 6.92 Å². The van der Waals surface area contributed by atoms with Crippen LogP contribution >= 0.6 is 0 Å². The van der Waals surface area contributed by atoms with E-state index in [1.54, 1.807) is 30.4 Å². The molecule has 1 saturated heterocycles. The fraction of sp³-hybridized carbons (Fsp3) is 0.571. The fourth-order valence-electron chi connectivity index (χ4n) is 4.45. The van der Waals surface area contributed by atoms with E-state index < -0.39 is 11.7 Å². The van der Waals surface area contributed by atoms with Crippen molar-refractivity contribution in [3.8, 4) is 0 Å². The lowest BCUT2D eigenvalue weighted by molar-refractivity contribution is -0.179. The lowest BCUT2D eigenvalue weighted by atomic mass is 9.88. The third kappa shape index (κ3) is 3.35. The van der Waals surface area contributed by atoms with Crippen LogP contribution in [-0.2, 0) is 21.7 Å². The van der Waals surface area contributed by atoms with Crippen molar-refractivity contribution in [2.45, 2.75) is 51.9 Å². The van der Waals surface area contributed by atoms with E-state index in [1.165, 1.54) is 0 Å². The third-order valence-corrected chi connectivity index (χ3v) is 6.15. The van der Waals surface area contributed by atoms with Crippen molar-refractivity contribution in [3.63, 3.8) is 0 Å². The molecule has 0 saturated carbocycles. The summed E-state index contributed by atoms with van der Waals surface area (Å²) in [6.07, 6.45) is 5.89. The number of hydrogen-bond donors (Lipinski definition) is 0. The largest absolute Gasteiger partial charge is 0.469 e. The number of imidazole rings is 1. The van der Waals surface area contributed by atoms with Gasteiger partial charge >= 0.3 is 0 Å². The highest BCUT2D eigenvalue weighted by molar-refractivity contribution is 5.95. The van der Waals surface area contributed by atoms with Crippen LogP contribution in [0.2, 0.25) is 0 Å². The molecule has 0 aliphatic carbocycles. The Bertz CT molecular complexity index is 890. The normalized spacial score (nSPS) is 20.5. The smallest absolute Gasteiger partial charge is 0.257 e. The van der Waals surface area contributed by atoms with Crippen molar-refractivity contribution >= 4 is 11.8 Å². The number of likely N-dealkylation sites (N-methyl/N-ethyl adjacent to an activating group) is 1. The molecule has 2 aromatic rings. The standard InChI is InChI=1S/C21H28N4O4/c1-4-23(5-2)19(27)17-14-25-12-9-22-20(25)21(29-17)7-10-24(11-8-21)18(26)16-6-13-28-15(16)3/h6,9,12-13,17H,4-5,7-8,10-11,14H2,1-3H3/t17-/m0/s1. The van der Waals surface area contributed by atoms with E-state index in [9.17, 15) is 9.59 Å². The molecule has 8 heteroatoms. The van der Waals surface area contributed by atoms with E-state index in [0.717, 1.165) is 5.82 Å². The molecule has 2 aliphatic heterocycles. The van der Waals surface area contributed by atoms with Gasteiger partial charge in [-0.15, -0.1) is 0 Å². The van der Waals surface area contributed by atoms with Gasteiger partial charge in [-0.1, -0.05) is 0 Å². The Morgan fingerprint density at radius 3 is 2.62 bits per heavy atom. The van der Waals surface area contributed by atoms with Gasteiger partial charge in [0.2, 0.25) is 0 Å². The van der Waals surface area contributed by atoms with Gasteiger partial charge in [-0.3, -0.25) is 9.59 Å². The molecule has 0 bridgehead atoms. The molecule has 8 nitrogen and oxygen atoms in total. The zero-order valence-corrected chi connectivity index (χ0v) is 17.3. The van der Waals surface area contributed by atoms with Crippen LogP contribution in [0.3, 0.4) is 0 Å². The molecule has 4 heterocycles. The number of ether oxygens (including phenoxy) is 1. The van der Waals surface area contributed by atoms with E-state index in [4.69, 9.17) is 9.15 Å². The van der Waals surface area contributed by atoms with Gasteiger partial charge in [-0.25, -0.2) is 4.98 Å². The highest BCUT2D eigenvalue weighted by Crippen LogP contribution is 2.40. The van der Waals surface area contributed by atoms with Crippen molar-refractivity contribution in [1.29, 1.82) is 0 Å². The molecule has 2 amide bonds. The monoisotopic (exact) mass is 400 g/mol. The second-order valence-corrected chi connectivity index (χ2v) is 7.70. The van der Waals surface area contributed by atoms with Gasteiger partial charge in [-0.05, 0) is 26.8 Å². The van der Waals surface area contributed by atoms with E-state index in [0.29, 0.717) is 56.9 Å². The number of piperidine rings is 1. The number of likely N-dealkylation sites (tertiary alicyclic amines) is 1.